The molecule has 3 aromatic carbocycles. The minimum absolute atomic E-state index is 0.150. The summed E-state index contributed by atoms with van der Waals surface area (Å²) >= 11 is 12.3. The zero-order valence-electron chi connectivity index (χ0n) is 23.4. The van der Waals surface area contributed by atoms with Gasteiger partial charge in [0.1, 0.15) is 12.1 Å². The number of anilines is 2. The van der Waals surface area contributed by atoms with Crippen LogP contribution in [0.4, 0.5) is 11.6 Å². The Hall–Kier alpha value is -3.44. The van der Waals surface area contributed by atoms with Crippen molar-refractivity contribution in [1.82, 2.24) is 9.97 Å². The lowest BCUT2D eigenvalue weighted by Gasteiger charge is -2.28. The van der Waals surface area contributed by atoms with Gasteiger partial charge in [0.05, 0.1) is 29.5 Å². The lowest BCUT2D eigenvalue weighted by Crippen LogP contribution is -2.39. The van der Waals surface area contributed by atoms with Gasteiger partial charge in [-0.1, -0.05) is 53.5 Å². The van der Waals surface area contributed by atoms with Crippen LogP contribution < -0.4 is 9.21 Å². The number of hydrogen-bond acceptors (Lipinski definition) is 8. The van der Waals surface area contributed by atoms with Crippen LogP contribution in [0.5, 0.6) is 0 Å². The van der Waals surface area contributed by atoms with Crippen LogP contribution in [0.1, 0.15) is 20.8 Å². The third-order valence-corrected chi connectivity index (χ3v) is 8.67. The van der Waals surface area contributed by atoms with E-state index in [-0.39, 0.29) is 14.9 Å². The van der Waals surface area contributed by atoms with Crippen LogP contribution in [-0.2, 0) is 24.3 Å². The molecule has 0 unspecified atom stereocenters. The molecular formula is C30H30Cl2N4O5S. The Bertz CT molecular complexity index is 1720. The summed E-state index contributed by atoms with van der Waals surface area (Å²) in [5.41, 5.74) is 0.936. The van der Waals surface area contributed by atoms with Crippen molar-refractivity contribution in [3.05, 3.63) is 76.9 Å². The molecule has 0 radical (unpaired) electrons. The average Bonchev–Trinajstić information content (AvgIpc) is 2.94. The number of hydrogen-bond donors (Lipinski definition) is 0. The van der Waals surface area contributed by atoms with E-state index >= 15 is 0 Å². The Morgan fingerprint density at radius 2 is 1.67 bits per heavy atom. The zero-order valence-corrected chi connectivity index (χ0v) is 25.7. The molecule has 4 aromatic rings. The highest BCUT2D eigenvalue weighted by Gasteiger charge is 2.31. The normalized spacial score (nSPS) is 14.2. The van der Waals surface area contributed by atoms with Crippen LogP contribution in [0.15, 0.2) is 71.8 Å². The van der Waals surface area contributed by atoms with Crippen LogP contribution in [0, 0.1) is 0 Å². The number of esters is 1. The van der Waals surface area contributed by atoms with Crippen LogP contribution >= 0.6 is 23.2 Å². The number of aromatic nitrogens is 2. The van der Waals surface area contributed by atoms with E-state index in [2.05, 4.69) is 9.88 Å². The summed E-state index contributed by atoms with van der Waals surface area (Å²) in [5, 5.41) is 1.65. The zero-order chi connectivity index (χ0) is 30.1. The molecule has 9 nitrogen and oxygen atoms in total. The predicted octanol–water partition coefficient (Wildman–Crippen LogP) is 5.98. The quantitative estimate of drug-likeness (QED) is 0.230. The fourth-order valence-electron chi connectivity index (χ4n) is 4.74. The van der Waals surface area contributed by atoms with Crippen molar-refractivity contribution in [3.8, 4) is 11.3 Å². The molecule has 1 aliphatic rings. The van der Waals surface area contributed by atoms with Gasteiger partial charge in [-0.25, -0.2) is 18.4 Å². The molecule has 1 aliphatic heterocycles. The van der Waals surface area contributed by atoms with E-state index in [4.69, 9.17) is 37.7 Å². The lowest BCUT2D eigenvalue weighted by atomic mass is 10.0. The molecule has 1 saturated heterocycles. The first kappa shape index (κ1) is 30.0. The number of halogens is 2. The van der Waals surface area contributed by atoms with Crippen LogP contribution in [0.3, 0.4) is 0 Å². The maximum Gasteiger partial charge on any atom is 0.327 e. The average molecular weight is 630 g/mol. The number of morpholine rings is 1. The van der Waals surface area contributed by atoms with Crippen LogP contribution in [-0.4, -0.2) is 62.8 Å². The van der Waals surface area contributed by atoms with Crippen LogP contribution in [0.25, 0.3) is 22.0 Å². The molecule has 220 valence electrons. The predicted molar refractivity (Wildman–Crippen MR) is 165 cm³/mol. The second-order valence-corrected chi connectivity index (χ2v) is 13.5. The van der Waals surface area contributed by atoms with Gasteiger partial charge in [-0.3, -0.25) is 9.10 Å². The van der Waals surface area contributed by atoms with Gasteiger partial charge in [-0.2, -0.15) is 0 Å². The van der Waals surface area contributed by atoms with Gasteiger partial charge in [0, 0.05) is 40.3 Å². The number of carbonyl (C=O) groups is 1. The van der Waals surface area contributed by atoms with E-state index in [9.17, 15) is 13.2 Å². The molecule has 42 heavy (non-hydrogen) atoms. The highest BCUT2D eigenvalue weighted by Crippen LogP contribution is 2.37. The smallest absolute Gasteiger partial charge is 0.327 e. The minimum Gasteiger partial charge on any atom is -0.459 e. The Labute approximate surface area is 255 Å². The van der Waals surface area contributed by atoms with E-state index in [1.54, 1.807) is 45.2 Å². The van der Waals surface area contributed by atoms with Crippen molar-refractivity contribution in [3.63, 3.8) is 0 Å². The fraction of sp³-hybridized carbons (Fsp3) is 0.300. The first-order valence-corrected chi connectivity index (χ1v) is 15.5. The lowest BCUT2D eigenvalue weighted by molar-refractivity contribution is -0.152. The Morgan fingerprint density at radius 3 is 2.36 bits per heavy atom. The Balaban J connectivity index is 1.64. The van der Waals surface area contributed by atoms with Crippen molar-refractivity contribution < 1.29 is 22.7 Å². The Kier molecular flexibility index (Phi) is 8.61. The molecule has 5 rings (SSSR count). The fourth-order valence-corrected chi connectivity index (χ4v) is 6.90. The summed E-state index contributed by atoms with van der Waals surface area (Å²) in [5.74, 6) is -0.116. The molecular weight excluding hydrogens is 599 g/mol. The number of rotatable bonds is 7. The second-order valence-electron chi connectivity index (χ2n) is 10.7. The van der Waals surface area contributed by atoms with Gasteiger partial charge in [0.2, 0.25) is 5.95 Å². The molecule has 12 heteroatoms. The van der Waals surface area contributed by atoms with Gasteiger partial charge in [-0.05, 0) is 56.5 Å². The molecule has 2 heterocycles. The molecule has 0 amide bonds. The highest BCUT2D eigenvalue weighted by atomic mass is 35.5. The summed E-state index contributed by atoms with van der Waals surface area (Å²) in [6.07, 6.45) is 1.71. The molecule has 0 bridgehead atoms. The monoisotopic (exact) mass is 628 g/mol. The van der Waals surface area contributed by atoms with Gasteiger partial charge >= 0.3 is 5.97 Å². The summed E-state index contributed by atoms with van der Waals surface area (Å²) in [6.45, 7) is 7.17. The van der Waals surface area contributed by atoms with E-state index in [0.717, 1.165) is 15.3 Å². The second kappa shape index (κ2) is 12.0. The summed E-state index contributed by atoms with van der Waals surface area (Å²) < 4.78 is 40.3. The maximum absolute atomic E-state index is 14.1. The molecule has 0 atom stereocenters. The van der Waals surface area contributed by atoms with Gasteiger partial charge in [0.15, 0.2) is 0 Å². The number of carbonyl (C=O) groups excluding carboxylic acids is 1. The van der Waals surface area contributed by atoms with Gasteiger partial charge in [0.25, 0.3) is 10.0 Å². The van der Waals surface area contributed by atoms with Gasteiger partial charge in [-0.15, -0.1) is 0 Å². The number of nitrogens with zero attached hydrogens (tertiary/aromatic N) is 4. The van der Waals surface area contributed by atoms with Crippen LogP contribution in [0.2, 0.25) is 10.0 Å². The van der Waals surface area contributed by atoms with Crippen molar-refractivity contribution in [2.45, 2.75) is 31.3 Å². The SMILES string of the molecule is CC(C)(C)OC(=O)CN(c1cccc2c(-c3ccnc(N4CCOCC4)n3)cccc12)S(=O)(=O)c1cc(Cl)cc(Cl)c1. The first-order valence-electron chi connectivity index (χ1n) is 13.3. The van der Waals surface area contributed by atoms with Crippen molar-refractivity contribution >= 4 is 61.6 Å². The van der Waals surface area contributed by atoms with E-state index in [1.165, 1.54) is 18.2 Å². The van der Waals surface area contributed by atoms with E-state index in [1.807, 2.05) is 24.3 Å². The molecule has 1 aromatic heterocycles. The molecule has 0 saturated carbocycles. The number of ether oxygens (including phenoxy) is 2. The van der Waals surface area contributed by atoms with Gasteiger partial charge < -0.3 is 14.4 Å². The number of sulfonamides is 1. The molecule has 0 aliphatic carbocycles. The first-order chi connectivity index (χ1) is 19.9. The third kappa shape index (κ3) is 6.62. The molecule has 1 fully saturated rings. The molecule has 0 spiro atoms. The maximum atomic E-state index is 14.1. The standard InChI is InChI=1S/C30H30Cl2N4O5S/c1-30(2,3)41-28(37)19-36(42(38,39)22-17-20(31)16-21(32)18-22)27-9-5-6-23-24(7-4-8-25(23)27)26-10-11-33-29(34-26)35-12-14-40-15-13-35/h4-11,16-18H,12-15,19H2,1-3H3. The topological polar surface area (TPSA) is 102 Å². The number of benzene rings is 3. The summed E-state index contributed by atoms with van der Waals surface area (Å²) in [6, 6.07) is 16.7. The summed E-state index contributed by atoms with van der Waals surface area (Å²) in [4.78, 5) is 24.2. The van der Waals surface area contributed by atoms with Crippen molar-refractivity contribution in [1.29, 1.82) is 0 Å². The number of fused-ring (bicyclic) bond motifs is 1. The Morgan fingerprint density at radius 1 is 1.00 bits per heavy atom. The summed E-state index contributed by atoms with van der Waals surface area (Å²) in [7, 11) is -4.32. The van der Waals surface area contributed by atoms with Crippen molar-refractivity contribution in [2.24, 2.45) is 0 Å². The molecule has 0 N–H and O–H groups in total. The van der Waals surface area contributed by atoms with E-state index in [0.29, 0.717) is 49.0 Å². The minimum atomic E-state index is -4.32. The largest absolute Gasteiger partial charge is 0.459 e. The van der Waals surface area contributed by atoms with Crippen molar-refractivity contribution in [2.75, 3.05) is 42.1 Å². The van der Waals surface area contributed by atoms with E-state index < -0.39 is 28.1 Å². The third-order valence-electron chi connectivity index (χ3n) is 6.50. The highest BCUT2D eigenvalue weighted by molar-refractivity contribution is 7.93.